The van der Waals surface area contributed by atoms with E-state index >= 15 is 0 Å². The maximum absolute atomic E-state index is 14.7. The summed E-state index contributed by atoms with van der Waals surface area (Å²) in [6, 6.07) is 7.86. The van der Waals surface area contributed by atoms with Crippen molar-refractivity contribution in [2.75, 3.05) is 6.26 Å². The molecule has 2 N–H and O–H groups in total. The fourth-order valence-corrected chi connectivity index (χ4v) is 3.80. The van der Waals surface area contributed by atoms with Crippen LogP contribution in [0.15, 0.2) is 41.3 Å². The first-order valence-electron chi connectivity index (χ1n) is 9.36. The second-order valence-electron chi connectivity index (χ2n) is 7.60. The molecule has 1 atom stereocenters. The van der Waals surface area contributed by atoms with Crippen LogP contribution in [0.3, 0.4) is 0 Å². The summed E-state index contributed by atoms with van der Waals surface area (Å²) in [4.78, 5) is 24.3. The average Bonchev–Trinajstić information content (AvgIpc) is 3.51. The standard InChI is InChI=1S/C20H23FN2O6S/c1-20(19(25)22-26,30(2,27)28)9-10-23-12-17(21)16(11-18(23)24)13-3-5-14(6-4-13)29-15-7-8-15/h3-6,11-12,15,26H,7-10H2,1-2H3,(H,22,25). The summed E-state index contributed by atoms with van der Waals surface area (Å²) < 4.78 is 43.4. The number of carbonyl (C=O) groups is 1. The van der Waals surface area contributed by atoms with E-state index in [1.54, 1.807) is 24.3 Å². The SMILES string of the molecule is CC(CCn1cc(F)c(-c2ccc(OC3CC3)cc2)cc1=O)(C(=O)NO)S(C)(=O)=O. The van der Waals surface area contributed by atoms with Gasteiger partial charge in [0, 0.05) is 30.6 Å². The highest BCUT2D eigenvalue weighted by molar-refractivity contribution is 7.92. The number of hydrogen-bond acceptors (Lipinski definition) is 6. The van der Waals surface area contributed by atoms with E-state index in [-0.39, 0.29) is 24.6 Å². The van der Waals surface area contributed by atoms with Crippen LogP contribution in [-0.4, -0.2) is 41.2 Å². The Hall–Kier alpha value is -2.72. The van der Waals surface area contributed by atoms with Crippen LogP contribution in [0.4, 0.5) is 4.39 Å². The van der Waals surface area contributed by atoms with Gasteiger partial charge in [0.1, 0.15) is 11.6 Å². The van der Waals surface area contributed by atoms with E-state index in [4.69, 9.17) is 9.94 Å². The number of nitrogens with zero attached hydrogens (tertiary/aromatic N) is 1. The second kappa shape index (κ2) is 8.19. The lowest BCUT2D eigenvalue weighted by molar-refractivity contribution is -0.131. The Morgan fingerprint density at radius 3 is 2.50 bits per heavy atom. The molecule has 0 radical (unpaired) electrons. The van der Waals surface area contributed by atoms with Gasteiger partial charge in [-0.3, -0.25) is 14.8 Å². The third-order valence-electron chi connectivity index (χ3n) is 5.30. The maximum Gasteiger partial charge on any atom is 0.264 e. The number of aromatic nitrogens is 1. The number of sulfone groups is 1. The number of halogens is 1. The summed E-state index contributed by atoms with van der Waals surface area (Å²) in [7, 11) is -3.92. The van der Waals surface area contributed by atoms with Crippen molar-refractivity contribution < 1.29 is 27.5 Å². The largest absolute Gasteiger partial charge is 0.490 e. The minimum absolute atomic E-state index is 0.105. The molecule has 1 unspecified atom stereocenters. The lowest BCUT2D eigenvalue weighted by atomic mass is 10.1. The van der Waals surface area contributed by atoms with Crippen molar-refractivity contribution in [2.24, 2.45) is 0 Å². The molecule has 10 heteroatoms. The molecule has 1 saturated carbocycles. The van der Waals surface area contributed by atoms with Crippen molar-refractivity contribution in [3.63, 3.8) is 0 Å². The molecular formula is C20H23FN2O6S. The van der Waals surface area contributed by atoms with Crippen LogP contribution in [0.5, 0.6) is 5.75 Å². The minimum Gasteiger partial charge on any atom is -0.490 e. The number of amides is 1. The number of carbonyl (C=O) groups excluding carboxylic acids is 1. The molecule has 30 heavy (non-hydrogen) atoms. The summed E-state index contributed by atoms with van der Waals surface area (Å²) >= 11 is 0. The molecule has 2 aromatic rings. The van der Waals surface area contributed by atoms with Crippen molar-refractivity contribution in [3.05, 3.63) is 52.7 Å². The van der Waals surface area contributed by atoms with E-state index in [0.717, 1.165) is 42.9 Å². The monoisotopic (exact) mass is 438 g/mol. The minimum atomic E-state index is -3.92. The number of pyridine rings is 1. The van der Waals surface area contributed by atoms with E-state index < -0.39 is 31.9 Å². The predicted molar refractivity (Wildman–Crippen MR) is 108 cm³/mol. The Morgan fingerprint density at radius 1 is 1.33 bits per heavy atom. The first-order chi connectivity index (χ1) is 14.0. The highest BCUT2D eigenvalue weighted by Gasteiger charge is 2.43. The Morgan fingerprint density at radius 2 is 1.97 bits per heavy atom. The van der Waals surface area contributed by atoms with Crippen LogP contribution < -0.4 is 15.8 Å². The molecule has 1 heterocycles. The van der Waals surface area contributed by atoms with E-state index in [2.05, 4.69) is 0 Å². The quantitative estimate of drug-likeness (QED) is 0.481. The van der Waals surface area contributed by atoms with Crippen LogP contribution in [-0.2, 0) is 21.2 Å². The Labute approximate surface area is 173 Å². The Balaban J connectivity index is 1.82. The van der Waals surface area contributed by atoms with E-state index in [9.17, 15) is 22.4 Å². The molecule has 1 aliphatic rings. The molecular weight excluding hydrogens is 415 g/mol. The summed E-state index contributed by atoms with van der Waals surface area (Å²) in [5.41, 5.74) is 1.39. The van der Waals surface area contributed by atoms with Gasteiger partial charge in [0.15, 0.2) is 14.6 Å². The molecule has 1 amide bonds. The van der Waals surface area contributed by atoms with Crippen LogP contribution in [0, 0.1) is 5.82 Å². The number of hydrogen-bond donors (Lipinski definition) is 2. The van der Waals surface area contributed by atoms with Gasteiger partial charge in [-0.2, -0.15) is 0 Å². The van der Waals surface area contributed by atoms with Crippen molar-refractivity contribution in [3.8, 4) is 16.9 Å². The van der Waals surface area contributed by atoms with Crippen molar-refractivity contribution in [2.45, 2.75) is 43.6 Å². The molecule has 0 spiro atoms. The number of ether oxygens (including phenoxy) is 1. The topological polar surface area (TPSA) is 115 Å². The Kier molecular flexibility index (Phi) is 6.00. The van der Waals surface area contributed by atoms with Crippen LogP contribution in [0.25, 0.3) is 11.1 Å². The van der Waals surface area contributed by atoms with Gasteiger partial charge in [0.05, 0.1) is 6.10 Å². The van der Waals surface area contributed by atoms with Gasteiger partial charge in [-0.25, -0.2) is 18.3 Å². The molecule has 3 rings (SSSR count). The van der Waals surface area contributed by atoms with Crippen molar-refractivity contribution in [1.29, 1.82) is 0 Å². The molecule has 0 saturated heterocycles. The summed E-state index contributed by atoms with van der Waals surface area (Å²) in [6.07, 6.45) is 3.78. The van der Waals surface area contributed by atoms with Gasteiger partial charge in [0.25, 0.3) is 11.5 Å². The number of aryl methyl sites for hydroxylation is 1. The third-order valence-corrected chi connectivity index (χ3v) is 7.33. The lowest BCUT2D eigenvalue weighted by Gasteiger charge is -2.25. The molecule has 162 valence electrons. The van der Waals surface area contributed by atoms with Crippen molar-refractivity contribution >= 4 is 15.7 Å². The van der Waals surface area contributed by atoms with Crippen molar-refractivity contribution in [1.82, 2.24) is 10.0 Å². The number of nitrogens with one attached hydrogen (secondary N) is 1. The van der Waals surface area contributed by atoms with E-state index in [1.807, 2.05) is 0 Å². The molecule has 0 aliphatic heterocycles. The molecule has 1 aromatic carbocycles. The highest BCUT2D eigenvalue weighted by Crippen LogP contribution is 2.29. The first kappa shape index (κ1) is 22.0. The lowest BCUT2D eigenvalue weighted by Crippen LogP contribution is -2.50. The highest BCUT2D eigenvalue weighted by atomic mass is 32.2. The normalized spacial score (nSPS) is 16.0. The van der Waals surface area contributed by atoms with Gasteiger partial charge in [-0.1, -0.05) is 12.1 Å². The number of benzene rings is 1. The fraction of sp³-hybridized carbons (Fsp3) is 0.400. The number of hydroxylamine groups is 1. The molecule has 1 aliphatic carbocycles. The van der Waals surface area contributed by atoms with Gasteiger partial charge >= 0.3 is 0 Å². The zero-order valence-corrected chi connectivity index (χ0v) is 17.4. The van der Waals surface area contributed by atoms with E-state index in [1.165, 1.54) is 5.48 Å². The van der Waals surface area contributed by atoms with Gasteiger partial charge in [-0.15, -0.1) is 0 Å². The summed E-state index contributed by atoms with van der Waals surface area (Å²) in [5.74, 6) is -1.11. The smallest absolute Gasteiger partial charge is 0.264 e. The van der Waals surface area contributed by atoms with Gasteiger partial charge in [0.2, 0.25) is 0 Å². The summed E-state index contributed by atoms with van der Waals surface area (Å²) in [5, 5.41) is 8.86. The van der Waals surface area contributed by atoms with Crippen LogP contribution >= 0.6 is 0 Å². The zero-order valence-electron chi connectivity index (χ0n) is 16.6. The van der Waals surface area contributed by atoms with Gasteiger partial charge < -0.3 is 9.30 Å². The molecule has 1 aromatic heterocycles. The zero-order chi connectivity index (χ0) is 22.1. The summed E-state index contributed by atoms with van der Waals surface area (Å²) in [6.45, 7) is 0.899. The second-order valence-corrected chi connectivity index (χ2v) is 10.0. The molecule has 1 fully saturated rings. The maximum atomic E-state index is 14.7. The van der Waals surface area contributed by atoms with E-state index in [0.29, 0.717) is 11.3 Å². The van der Waals surface area contributed by atoms with Crippen LogP contribution in [0.1, 0.15) is 26.2 Å². The average molecular weight is 438 g/mol. The third kappa shape index (κ3) is 4.54. The molecule has 0 bridgehead atoms. The molecule has 8 nitrogen and oxygen atoms in total. The van der Waals surface area contributed by atoms with Crippen LogP contribution in [0.2, 0.25) is 0 Å². The first-order valence-corrected chi connectivity index (χ1v) is 11.3. The fourth-order valence-electron chi connectivity index (χ4n) is 2.95. The van der Waals surface area contributed by atoms with Gasteiger partial charge in [-0.05, 0) is 43.9 Å². The Bertz CT molecular complexity index is 1110. The predicted octanol–water partition coefficient (Wildman–Crippen LogP) is 1.89. The number of rotatable bonds is 8.